The zero-order valence-corrected chi connectivity index (χ0v) is 22.7. The van der Waals surface area contributed by atoms with Crippen molar-refractivity contribution in [1.29, 1.82) is 0 Å². The van der Waals surface area contributed by atoms with Gasteiger partial charge in [-0.05, 0) is 72.6 Å². The standard InChI is InChI=1S/C30H42Si/c1-18-12-23-14-22(5)27(25(23)15-20(18)3)31(10,11)28-26-16-21(4)19(2)13-24(26)17-30(28,9)29(6,7)8/h12-14,16-17,20,25H,15H2,1-11H3. The molecule has 3 aliphatic rings. The normalized spacial score (nSPS) is 28.3. The van der Waals surface area contributed by atoms with E-state index in [9.17, 15) is 0 Å². The van der Waals surface area contributed by atoms with Gasteiger partial charge in [-0.2, -0.15) is 0 Å². The molecule has 0 aromatic heterocycles. The van der Waals surface area contributed by atoms with Crippen LogP contribution in [-0.2, 0) is 0 Å². The molecule has 1 heteroatoms. The molecule has 3 aliphatic carbocycles. The van der Waals surface area contributed by atoms with Gasteiger partial charge >= 0.3 is 0 Å². The molecule has 0 amide bonds. The molecule has 166 valence electrons. The van der Waals surface area contributed by atoms with E-state index in [4.69, 9.17) is 0 Å². The minimum atomic E-state index is -1.91. The molecule has 4 rings (SSSR count). The van der Waals surface area contributed by atoms with E-state index in [0.29, 0.717) is 11.8 Å². The van der Waals surface area contributed by atoms with Crippen molar-refractivity contribution in [2.75, 3.05) is 0 Å². The van der Waals surface area contributed by atoms with Crippen LogP contribution in [-0.4, -0.2) is 8.07 Å². The lowest BCUT2D eigenvalue weighted by Gasteiger charge is -2.47. The number of aryl methyl sites for hydroxylation is 2. The molecule has 0 N–H and O–H groups in total. The van der Waals surface area contributed by atoms with Crippen LogP contribution in [0.4, 0.5) is 0 Å². The highest BCUT2D eigenvalue weighted by Gasteiger charge is 2.51. The number of hydrogen-bond donors (Lipinski definition) is 0. The van der Waals surface area contributed by atoms with Crippen LogP contribution in [0.1, 0.15) is 66.0 Å². The molecule has 0 saturated carbocycles. The number of allylic oxidation sites excluding steroid dienone is 6. The highest BCUT2D eigenvalue weighted by molar-refractivity contribution is 6.99. The van der Waals surface area contributed by atoms with Crippen molar-refractivity contribution in [1.82, 2.24) is 0 Å². The summed E-state index contributed by atoms with van der Waals surface area (Å²) in [6, 6.07) is 4.95. The lowest BCUT2D eigenvalue weighted by Crippen LogP contribution is -2.47. The van der Waals surface area contributed by atoms with Gasteiger partial charge in [-0.3, -0.25) is 0 Å². The molecule has 1 aromatic rings. The van der Waals surface area contributed by atoms with Gasteiger partial charge in [0.25, 0.3) is 0 Å². The van der Waals surface area contributed by atoms with E-state index in [0.717, 1.165) is 0 Å². The number of benzene rings is 1. The van der Waals surface area contributed by atoms with Crippen LogP contribution < -0.4 is 10.4 Å². The van der Waals surface area contributed by atoms with Gasteiger partial charge in [0.15, 0.2) is 0 Å². The molecule has 0 heterocycles. The minimum absolute atomic E-state index is 0.0767. The van der Waals surface area contributed by atoms with Crippen molar-refractivity contribution < 1.29 is 0 Å². The Kier molecular flexibility index (Phi) is 5.06. The zero-order valence-electron chi connectivity index (χ0n) is 21.7. The maximum atomic E-state index is 2.65. The fraction of sp³-hybridized carbons (Fsp3) is 0.533. The Morgan fingerprint density at radius 2 is 1.58 bits per heavy atom. The SMILES string of the molecule is CC1=CC2=CC(C)=C([Si](C)(C)C3=c4cc(C)c(C)cc4=CC3(C)C(C)(C)C)C2CC1C. The van der Waals surface area contributed by atoms with E-state index in [-0.39, 0.29) is 10.8 Å². The molecule has 0 spiro atoms. The van der Waals surface area contributed by atoms with E-state index < -0.39 is 8.07 Å². The first-order valence-corrected chi connectivity index (χ1v) is 15.1. The summed E-state index contributed by atoms with van der Waals surface area (Å²) >= 11 is 0. The Labute approximate surface area is 191 Å². The van der Waals surface area contributed by atoms with Gasteiger partial charge < -0.3 is 0 Å². The third-order valence-electron chi connectivity index (χ3n) is 9.07. The topological polar surface area (TPSA) is 0 Å². The van der Waals surface area contributed by atoms with Crippen molar-refractivity contribution in [2.45, 2.75) is 81.8 Å². The second kappa shape index (κ2) is 6.95. The van der Waals surface area contributed by atoms with Crippen molar-refractivity contribution in [3.05, 3.63) is 67.8 Å². The van der Waals surface area contributed by atoms with Crippen molar-refractivity contribution in [3.63, 3.8) is 0 Å². The highest BCUT2D eigenvalue weighted by atomic mass is 28.3. The predicted molar refractivity (Wildman–Crippen MR) is 140 cm³/mol. The Bertz CT molecular complexity index is 1180. The van der Waals surface area contributed by atoms with Crippen molar-refractivity contribution in [2.24, 2.45) is 22.7 Å². The van der Waals surface area contributed by atoms with E-state index in [1.54, 1.807) is 32.3 Å². The molecule has 0 saturated heterocycles. The molecule has 3 atom stereocenters. The highest BCUT2D eigenvalue weighted by Crippen LogP contribution is 2.55. The summed E-state index contributed by atoms with van der Waals surface area (Å²) in [5, 5.41) is 6.56. The number of rotatable bonds is 2. The molecule has 0 aliphatic heterocycles. The van der Waals surface area contributed by atoms with Gasteiger partial charge in [-0.15, -0.1) is 0 Å². The first kappa shape index (κ1) is 22.6. The second-order valence-electron chi connectivity index (χ2n) is 12.4. The predicted octanol–water partition coefficient (Wildman–Crippen LogP) is 6.95. The van der Waals surface area contributed by atoms with Crippen LogP contribution in [0.15, 0.2) is 46.2 Å². The van der Waals surface area contributed by atoms with Gasteiger partial charge in [0.1, 0.15) is 8.07 Å². The minimum Gasteiger partial charge on any atom is -0.0702 e. The van der Waals surface area contributed by atoms with Gasteiger partial charge in [-0.25, -0.2) is 0 Å². The van der Waals surface area contributed by atoms with E-state index in [2.05, 4.69) is 106 Å². The molecule has 31 heavy (non-hydrogen) atoms. The lowest BCUT2D eigenvalue weighted by atomic mass is 9.68. The molecular weight excluding hydrogens is 388 g/mol. The van der Waals surface area contributed by atoms with Gasteiger partial charge in [0, 0.05) is 11.3 Å². The van der Waals surface area contributed by atoms with Crippen LogP contribution in [0.2, 0.25) is 13.1 Å². The zero-order chi connectivity index (χ0) is 23.1. The summed E-state index contributed by atoms with van der Waals surface area (Å²) in [6.45, 7) is 26.8. The van der Waals surface area contributed by atoms with Gasteiger partial charge in [0.05, 0.1) is 0 Å². The third-order valence-corrected chi connectivity index (χ3v) is 13.2. The van der Waals surface area contributed by atoms with Crippen LogP contribution in [0.25, 0.3) is 11.3 Å². The summed E-state index contributed by atoms with van der Waals surface area (Å²) in [4.78, 5) is 0. The molecule has 1 aromatic carbocycles. The average molecular weight is 431 g/mol. The van der Waals surface area contributed by atoms with E-state index in [1.165, 1.54) is 22.8 Å². The fourth-order valence-electron chi connectivity index (χ4n) is 6.69. The van der Waals surface area contributed by atoms with Crippen molar-refractivity contribution >= 4 is 19.3 Å². The Balaban J connectivity index is 1.99. The molecular formula is C30H42Si. The monoisotopic (exact) mass is 430 g/mol. The van der Waals surface area contributed by atoms with Gasteiger partial charge in [-0.1, -0.05) is 99.6 Å². The quantitative estimate of drug-likeness (QED) is 0.445. The summed E-state index contributed by atoms with van der Waals surface area (Å²) in [7, 11) is -1.91. The van der Waals surface area contributed by atoms with Crippen LogP contribution >= 0.6 is 0 Å². The maximum absolute atomic E-state index is 2.65. The summed E-state index contributed by atoms with van der Waals surface area (Å²) in [5.74, 6) is 1.30. The summed E-state index contributed by atoms with van der Waals surface area (Å²) in [6.07, 6.45) is 8.90. The number of fused-ring (bicyclic) bond motifs is 2. The lowest BCUT2D eigenvalue weighted by molar-refractivity contribution is 0.262. The molecule has 0 nitrogen and oxygen atoms in total. The van der Waals surface area contributed by atoms with E-state index >= 15 is 0 Å². The first-order chi connectivity index (χ1) is 14.2. The van der Waals surface area contributed by atoms with E-state index in [1.807, 2.05) is 0 Å². The Morgan fingerprint density at radius 3 is 2.19 bits per heavy atom. The number of hydrogen-bond acceptors (Lipinski definition) is 0. The van der Waals surface area contributed by atoms with Gasteiger partial charge in [0.2, 0.25) is 0 Å². The van der Waals surface area contributed by atoms with Crippen LogP contribution in [0, 0.1) is 36.5 Å². The smallest absolute Gasteiger partial charge is 0.0702 e. The first-order valence-electron chi connectivity index (χ1n) is 12.1. The molecule has 0 fully saturated rings. The molecule has 0 radical (unpaired) electrons. The Morgan fingerprint density at radius 1 is 0.968 bits per heavy atom. The summed E-state index contributed by atoms with van der Waals surface area (Å²) in [5.41, 5.74) is 7.76. The molecule has 3 unspecified atom stereocenters. The summed E-state index contributed by atoms with van der Waals surface area (Å²) < 4.78 is 0. The van der Waals surface area contributed by atoms with Crippen LogP contribution in [0.5, 0.6) is 0 Å². The van der Waals surface area contributed by atoms with Crippen molar-refractivity contribution in [3.8, 4) is 0 Å². The Hall–Kier alpha value is -1.60. The second-order valence-corrected chi connectivity index (χ2v) is 16.7. The third kappa shape index (κ3) is 3.22. The molecule has 0 bridgehead atoms. The average Bonchev–Trinajstić information content (AvgIpc) is 3.09. The fourth-order valence-corrected chi connectivity index (χ4v) is 11.8. The largest absolute Gasteiger partial charge is 0.106 e. The van der Waals surface area contributed by atoms with Crippen LogP contribution in [0.3, 0.4) is 0 Å². The maximum Gasteiger partial charge on any atom is 0.106 e.